The number of carbonyl (C=O) groups is 2. The zero-order chi connectivity index (χ0) is 27.3. The van der Waals surface area contributed by atoms with Gasteiger partial charge in [-0.15, -0.1) is 0 Å². The molecule has 202 valence electrons. The number of carbonyl (C=O) groups excluding carboxylic acids is 2. The number of hydrogen-bond donors (Lipinski definition) is 1. The second-order valence-electron chi connectivity index (χ2n) is 9.94. The molecule has 9 heteroatoms. The molecule has 1 N–H and O–H groups in total. The summed E-state index contributed by atoms with van der Waals surface area (Å²) in [6, 6.07) is 19.2. The molecule has 38 heavy (non-hydrogen) atoms. The predicted octanol–water partition coefficient (Wildman–Crippen LogP) is 5.13. The molecule has 1 atom stereocenters. The third-order valence-electron chi connectivity index (χ3n) is 7.08. The van der Waals surface area contributed by atoms with Gasteiger partial charge in [0.2, 0.25) is 21.8 Å². The Morgan fingerprint density at radius 1 is 1.00 bits per heavy atom. The van der Waals surface area contributed by atoms with E-state index in [-0.39, 0.29) is 18.5 Å². The topological polar surface area (TPSA) is 86.8 Å². The fourth-order valence-electron chi connectivity index (χ4n) is 5.00. The minimum absolute atomic E-state index is 0.0880. The van der Waals surface area contributed by atoms with Gasteiger partial charge in [0.25, 0.3) is 0 Å². The molecular weight excluding hydrogens is 522 g/mol. The number of fused-ring (bicyclic) bond motifs is 1. The smallest absolute Gasteiger partial charge is 0.244 e. The van der Waals surface area contributed by atoms with Crippen LogP contribution in [0.15, 0.2) is 66.7 Å². The molecule has 2 amide bonds. The van der Waals surface area contributed by atoms with E-state index in [0.29, 0.717) is 10.7 Å². The zero-order valence-corrected chi connectivity index (χ0v) is 23.3. The summed E-state index contributed by atoms with van der Waals surface area (Å²) in [5, 5.41) is 5.20. The first-order valence-electron chi connectivity index (χ1n) is 12.9. The lowest BCUT2D eigenvalue weighted by Crippen LogP contribution is -2.53. The van der Waals surface area contributed by atoms with E-state index >= 15 is 0 Å². The zero-order valence-electron chi connectivity index (χ0n) is 21.8. The molecule has 1 fully saturated rings. The number of nitrogens with zero attached hydrogens (tertiary/aromatic N) is 2. The fourth-order valence-corrected chi connectivity index (χ4v) is 6.08. The molecule has 0 aromatic heterocycles. The summed E-state index contributed by atoms with van der Waals surface area (Å²) in [7, 11) is -3.82. The first-order chi connectivity index (χ1) is 18.1. The van der Waals surface area contributed by atoms with Crippen LogP contribution in [0.1, 0.15) is 44.6 Å². The summed E-state index contributed by atoms with van der Waals surface area (Å²) in [6.07, 6.45) is 6.23. The van der Waals surface area contributed by atoms with Gasteiger partial charge in [0.15, 0.2) is 0 Å². The summed E-state index contributed by atoms with van der Waals surface area (Å²) in [5.74, 6) is -0.724. The SMILES string of the molecule is C[C@H](C(=O)NC1CCCCC1)N(Cc1cccc(Cl)c1)C(=O)CN(c1cccc2ccccc12)S(C)(=O)=O. The van der Waals surface area contributed by atoms with Crippen molar-refractivity contribution in [2.75, 3.05) is 17.1 Å². The minimum Gasteiger partial charge on any atom is -0.352 e. The van der Waals surface area contributed by atoms with Crippen molar-refractivity contribution in [3.63, 3.8) is 0 Å². The standard InChI is InChI=1S/C29H34ClN3O4S/c1-21(29(35)31-25-14-4-3-5-15-25)32(19-22-10-8-13-24(30)18-22)28(34)20-33(38(2,36)37)27-17-9-12-23-11-6-7-16-26(23)27/h6-13,16-18,21,25H,3-5,14-15,19-20H2,1-2H3,(H,31,35)/t21-/m1/s1. The van der Waals surface area contributed by atoms with Crippen LogP contribution in [0.25, 0.3) is 10.8 Å². The number of sulfonamides is 1. The first-order valence-corrected chi connectivity index (χ1v) is 15.2. The Bertz CT molecular complexity index is 1400. The Labute approximate surface area is 229 Å². The molecule has 3 aromatic rings. The van der Waals surface area contributed by atoms with Crippen LogP contribution in [-0.4, -0.2) is 50.0 Å². The van der Waals surface area contributed by atoms with Crippen LogP contribution in [0.5, 0.6) is 0 Å². The molecular formula is C29H34ClN3O4S. The van der Waals surface area contributed by atoms with Crippen LogP contribution in [0, 0.1) is 0 Å². The molecule has 3 aromatic carbocycles. The average molecular weight is 556 g/mol. The lowest BCUT2D eigenvalue weighted by atomic mass is 9.95. The van der Waals surface area contributed by atoms with Crippen molar-refractivity contribution in [2.24, 2.45) is 0 Å². The van der Waals surface area contributed by atoms with Crippen molar-refractivity contribution in [1.82, 2.24) is 10.2 Å². The van der Waals surface area contributed by atoms with Crippen molar-refractivity contribution in [1.29, 1.82) is 0 Å². The maximum atomic E-state index is 13.8. The molecule has 1 saturated carbocycles. The lowest BCUT2D eigenvalue weighted by molar-refractivity contribution is -0.139. The normalized spacial score (nSPS) is 15.1. The molecule has 0 aliphatic heterocycles. The van der Waals surface area contributed by atoms with E-state index in [1.807, 2.05) is 36.4 Å². The van der Waals surface area contributed by atoms with E-state index in [1.54, 1.807) is 37.3 Å². The number of anilines is 1. The van der Waals surface area contributed by atoms with E-state index in [2.05, 4.69) is 5.32 Å². The van der Waals surface area contributed by atoms with Gasteiger partial charge in [-0.1, -0.05) is 79.4 Å². The van der Waals surface area contributed by atoms with Crippen molar-refractivity contribution >= 4 is 49.9 Å². The molecule has 0 bridgehead atoms. The molecule has 1 aliphatic rings. The number of benzene rings is 3. The van der Waals surface area contributed by atoms with Crippen molar-refractivity contribution in [3.8, 4) is 0 Å². The van der Waals surface area contributed by atoms with Crippen LogP contribution >= 0.6 is 11.6 Å². The Kier molecular flexibility index (Phi) is 8.95. The maximum Gasteiger partial charge on any atom is 0.244 e. The Morgan fingerprint density at radius 3 is 2.39 bits per heavy atom. The average Bonchev–Trinajstić information content (AvgIpc) is 2.89. The van der Waals surface area contributed by atoms with Gasteiger partial charge in [0.05, 0.1) is 11.9 Å². The number of hydrogen-bond acceptors (Lipinski definition) is 4. The maximum absolute atomic E-state index is 13.8. The van der Waals surface area contributed by atoms with Gasteiger partial charge in [-0.3, -0.25) is 13.9 Å². The summed E-state index contributed by atoms with van der Waals surface area (Å²) >= 11 is 6.19. The third kappa shape index (κ3) is 6.85. The highest BCUT2D eigenvalue weighted by Gasteiger charge is 2.31. The molecule has 0 unspecified atom stereocenters. The van der Waals surface area contributed by atoms with E-state index in [0.717, 1.165) is 59.0 Å². The highest BCUT2D eigenvalue weighted by Crippen LogP contribution is 2.29. The van der Waals surface area contributed by atoms with Crippen molar-refractivity contribution in [2.45, 2.75) is 57.7 Å². The molecule has 0 radical (unpaired) electrons. The Hall–Kier alpha value is -3.10. The van der Waals surface area contributed by atoms with Gasteiger partial charge in [-0.2, -0.15) is 0 Å². The van der Waals surface area contributed by atoms with Gasteiger partial charge in [-0.05, 0) is 48.9 Å². The molecule has 0 spiro atoms. The van der Waals surface area contributed by atoms with Crippen molar-refractivity contribution in [3.05, 3.63) is 77.3 Å². The van der Waals surface area contributed by atoms with E-state index in [1.165, 1.54) is 4.90 Å². The second kappa shape index (κ2) is 12.2. The van der Waals surface area contributed by atoms with Gasteiger partial charge >= 0.3 is 0 Å². The second-order valence-corrected chi connectivity index (χ2v) is 12.3. The van der Waals surface area contributed by atoms with E-state index < -0.39 is 28.5 Å². The van der Waals surface area contributed by atoms with Crippen LogP contribution in [0.4, 0.5) is 5.69 Å². The van der Waals surface area contributed by atoms with Gasteiger partial charge in [0, 0.05) is 23.0 Å². The third-order valence-corrected chi connectivity index (χ3v) is 8.44. The predicted molar refractivity (Wildman–Crippen MR) is 153 cm³/mol. The molecule has 0 heterocycles. The largest absolute Gasteiger partial charge is 0.352 e. The Balaban J connectivity index is 1.64. The highest BCUT2D eigenvalue weighted by atomic mass is 35.5. The van der Waals surface area contributed by atoms with Gasteiger partial charge in [0.1, 0.15) is 12.6 Å². The number of rotatable bonds is 9. The van der Waals surface area contributed by atoms with Crippen LogP contribution in [0.3, 0.4) is 0 Å². The van der Waals surface area contributed by atoms with Crippen molar-refractivity contribution < 1.29 is 18.0 Å². The lowest BCUT2D eigenvalue weighted by Gasteiger charge is -2.33. The Morgan fingerprint density at radius 2 is 1.68 bits per heavy atom. The van der Waals surface area contributed by atoms with Gasteiger partial charge < -0.3 is 10.2 Å². The van der Waals surface area contributed by atoms with Crippen LogP contribution in [-0.2, 0) is 26.2 Å². The fraction of sp³-hybridized carbons (Fsp3) is 0.379. The monoisotopic (exact) mass is 555 g/mol. The first kappa shape index (κ1) is 27.9. The van der Waals surface area contributed by atoms with Crippen LogP contribution in [0.2, 0.25) is 5.02 Å². The highest BCUT2D eigenvalue weighted by molar-refractivity contribution is 7.92. The van der Waals surface area contributed by atoms with E-state index in [4.69, 9.17) is 11.6 Å². The minimum atomic E-state index is -3.82. The molecule has 0 saturated heterocycles. The summed E-state index contributed by atoms with van der Waals surface area (Å²) in [6.45, 7) is 1.36. The van der Waals surface area contributed by atoms with Crippen LogP contribution < -0.4 is 9.62 Å². The summed E-state index contributed by atoms with van der Waals surface area (Å²) in [5.41, 5.74) is 1.17. The van der Waals surface area contributed by atoms with Gasteiger partial charge in [-0.25, -0.2) is 8.42 Å². The quantitative estimate of drug-likeness (QED) is 0.397. The summed E-state index contributed by atoms with van der Waals surface area (Å²) < 4.78 is 27.0. The van der Waals surface area contributed by atoms with E-state index in [9.17, 15) is 18.0 Å². The number of nitrogens with one attached hydrogen (secondary N) is 1. The molecule has 4 rings (SSSR count). The number of amides is 2. The summed E-state index contributed by atoms with van der Waals surface area (Å²) in [4.78, 5) is 28.6. The molecule has 1 aliphatic carbocycles. The molecule has 7 nitrogen and oxygen atoms in total. The number of halogens is 1.